The molecule has 0 bridgehead atoms. The fraction of sp³-hybridized carbons (Fsp3) is 0.917. The Morgan fingerprint density at radius 1 is 1.29 bits per heavy atom. The third-order valence-electron chi connectivity index (χ3n) is 1.85. The van der Waals surface area contributed by atoms with Crippen molar-refractivity contribution in [3.8, 4) is 0 Å². The number of carbonyl (C=O) groups excluding carboxylic acids is 1. The number of amides is 1. The van der Waals surface area contributed by atoms with Crippen LogP contribution in [-0.2, 0) is 4.74 Å². The van der Waals surface area contributed by atoms with Gasteiger partial charge in [-0.3, -0.25) is 0 Å². The van der Waals surface area contributed by atoms with E-state index in [4.69, 9.17) is 9.84 Å². The Kier molecular flexibility index (Phi) is 5.92. The van der Waals surface area contributed by atoms with Crippen LogP contribution < -0.4 is 10.6 Å². The fourth-order valence-electron chi connectivity index (χ4n) is 1.22. The van der Waals surface area contributed by atoms with Gasteiger partial charge in [0.2, 0.25) is 0 Å². The zero-order valence-electron chi connectivity index (χ0n) is 11.8. The first kappa shape index (κ1) is 16.2. The van der Waals surface area contributed by atoms with Gasteiger partial charge in [-0.25, -0.2) is 4.79 Å². The van der Waals surface area contributed by atoms with Gasteiger partial charge in [0.25, 0.3) is 0 Å². The molecule has 0 spiro atoms. The van der Waals surface area contributed by atoms with Crippen LogP contribution in [0, 0.1) is 0 Å². The highest BCUT2D eigenvalue weighted by Crippen LogP contribution is 2.08. The van der Waals surface area contributed by atoms with Gasteiger partial charge in [-0.2, -0.15) is 0 Å². The molecule has 0 radical (unpaired) electrons. The van der Waals surface area contributed by atoms with Crippen LogP contribution in [0.1, 0.15) is 41.5 Å². The molecule has 0 rings (SSSR count). The molecule has 0 aromatic rings. The summed E-state index contributed by atoms with van der Waals surface area (Å²) >= 11 is 0. The number of aliphatic hydroxyl groups excluding tert-OH is 1. The minimum absolute atomic E-state index is 0.396. The molecule has 5 heteroatoms. The largest absolute Gasteiger partial charge is 0.444 e. The van der Waals surface area contributed by atoms with Crippen LogP contribution in [-0.4, -0.2) is 41.5 Å². The molecule has 1 atom stereocenters. The Bertz CT molecular complexity index is 245. The molecular formula is C12H26N2O3. The monoisotopic (exact) mass is 246 g/mol. The lowest BCUT2D eigenvalue weighted by Gasteiger charge is -2.29. The van der Waals surface area contributed by atoms with E-state index < -0.39 is 23.3 Å². The van der Waals surface area contributed by atoms with E-state index >= 15 is 0 Å². The smallest absolute Gasteiger partial charge is 0.408 e. The lowest BCUT2D eigenvalue weighted by molar-refractivity contribution is 0.0471. The van der Waals surface area contributed by atoms with Crippen LogP contribution in [0.3, 0.4) is 0 Å². The van der Waals surface area contributed by atoms with E-state index in [1.54, 1.807) is 6.92 Å². The third-order valence-corrected chi connectivity index (χ3v) is 1.85. The minimum Gasteiger partial charge on any atom is -0.444 e. The van der Waals surface area contributed by atoms with Crippen molar-refractivity contribution < 1.29 is 14.6 Å². The molecule has 0 aromatic heterocycles. The van der Waals surface area contributed by atoms with Crippen molar-refractivity contribution in [3.63, 3.8) is 0 Å². The average Bonchev–Trinajstić information content (AvgIpc) is 1.96. The Morgan fingerprint density at radius 3 is 2.24 bits per heavy atom. The number of carbonyl (C=O) groups is 1. The standard InChI is InChI=1S/C12H26N2O3/c1-9(15)7-13-8-12(5,6)14-10(16)17-11(2,3)4/h9,13,15H,7-8H2,1-6H3,(H,14,16)/t9-/m0/s1. The van der Waals surface area contributed by atoms with Crippen molar-refractivity contribution in [3.05, 3.63) is 0 Å². The SMILES string of the molecule is C[C@H](O)CNCC(C)(C)NC(=O)OC(C)(C)C. The normalized spacial score (nSPS) is 14.3. The van der Waals surface area contributed by atoms with E-state index in [1.807, 2.05) is 34.6 Å². The Hall–Kier alpha value is -0.810. The first-order chi connectivity index (χ1) is 7.52. The minimum atomic E-state index is -0.493. The summed E-state index contributed by atoms with van der Waals surface area (Å²) in [6, 6.07) is 0. The van der Waals surface area contributed by atoms with E-state index in [2.05, 4.69) is 10.6 Å². The molecule has 0 saturated carbocycles. The van der Waals surface area contributed by atoms with Gasteiger partial charge in [0, 0.05) is 13.1 Å². The molecule has 17 heavy (non-hydrogen) atoms. The molecular weight excluding hydrogens is 220 g/mol. The van der Waals surface area contributed by atoms with Gasteiger partial charge < -0.3 is 20.5 Å². The number of aliphatic hydroxyl groups is 1. The molecule has 3 N–H and O–H groups in total. The summed E-state index contributed by atoms with van der Waals surface area (Å²) in [5.41, 5.74) is -0.912. The second kappa shape index (κ2) is 6.21. The molecule has 1 amide bonds. The summed E-state index contributed by atoms with van der Waals surface area (Å²) in [5, 5.41) is 15.0. The van der Waals surface area contributed by atoms with Gasteiger partial charge in [0.1, 0.15) is 5.60 Å². The maximum absolute atomic E-state index is 11.6. The zero-order valence-corrected chi connectivity index (χ0v) is 11.8. The highest BCUT2D eigenvalue weighted by Gasteiger charge is 2.24. The molecule has 0 saturated heterocycles. The summed E-state index contributed by atoms with van der Waals surface area (Å²) in [7, 11) is 0. The van der Waals surface area contributed by atoms with E-state index in [0.29, 0.717) is 13.1 Å². The Labute approximate surface area is 104 Å². The molecule has 0 aliphatic heterocycles. The molecule has 102 valence electrons. The Balaban J connectivity index is 4.03. The van der Waals surface area contributed by atoms with Crippen LogP contribution in [0.4, 0.5) is 4.79 Å². The van der Waals surface area contributed by atoms with Crippen molar-refractivity contribution >= 4 is 6.09 Å². The lowest BCUT2D eigenvalue weighted by Crippen LogP contribution is -2.52. The maximum atomic E-state index is 11.6. The quantitative estimate of drug-likeness (QED) is 0.683. The summed E-state index contributed by atoms with van der Waals surface area (Å²) in [6.45, 7) is 12.0. The first-order valence-electron chi connectivity index (χ1n) is 5.92. The Morgan fingerprint density at radius 2 is 1.82 bits per heavy atom. The lowest BCUT2D eigenvalue weighted by atomic mass is 10.1. The molecule has 0 fully saturated rings. The van der Waals surface area contributed by atoms with Crippen LogP contribution in [0.5, 0.6) is 0 Å². The second-order valence-corrected chi connectivity index (χ2v) is 5.99. The van der Waals surface area contributed by atoms with E-state index in [0.717, 1.165) is 0 Å². The molecule has 0 aliphatic rings. The highest BCUT2D eigenvalue weighted by atomic mass is 16.6. The zero-order chi connectivity index (χ0) is 13.7. The van der Waals surface area contributed by atoms with Crippen LogP contribution in [0.25, 0.3) is 0 Å². The summed E-state index contributed by atoms with van der Waals surface area (Å²) < 4.78 is 5.17. The van der Waals surface area contributed by atoms with Crippen molar-refractivity contribution in [1.82, 2.24) is 10.6 Å². The predicted octanol–water partition coefficient (Wildman–Crippen LogP) is 1.26. The average molecular weight is 246 g/mol. The topological polar surface area (TPSA) is 70.6 Å². The summed E-state index contributed by atoms with van der Waals surface area (Å²) in [5.74, 6) is 0. The van der Waals surface area contributed by atoms with E-state index in [9.17, 15) is 4.79 Å². The van der Waals surface area contributed by atoms with Gasteiger partial charge in [-0.15, -0.1) is 0 Å². The molecule has 5 nitrogen and oxygen atoms in total. The molecule has 0 aromatic carbocycles. The maximum Gasteiger partial charge on any atom is 0.408 e. The van der Waals surface area contributed by atoms with Gasteiger partial charge in [0.15, 0.2) is 0 Å². The van der Waals surface area contributed by atoms with Crippen molar-refractivity contribution in [2.24, 2.45) is 0 Å². The highest BCUT2D eigenvalue weighted by molar-refractivity contribution is 5.68. The van der Waals surface area contributed by atoms with Gasteiger partial charge in [-0.1, -0.05) is 0 Å². The van der Waals surface area contributed by atoms with E-state index in [-0.39, 0.29) is 0 Å². The van der Waals surface area contributed by atoms with Crippen molar-refractivity contribution in [1.29, 1.82) is 0 Å². The molecule has 0 aliphatic carbocycles. The van der Waals surface area contributed by atoms with Crippen LogP contribution in [0.15, 0.2) is 0 Å². The number of nitrogens with one attached hydrogen (secondary N) is 2. The first-order valence-corrected chi connectivity index (χ1v) is 5.92. The number of ether oxygens (including phenoxy) is 1. The predicted molar refractivity (Wildman–Crippen MR) is 68.0 cm³/mol. The third kappa shape index (κ3) is 10.1. The summed E-state index contributed by atoms with van der Waals surface area (Å²) in [4.78, 5) is 11.6. The van der Waals surface area contributed by atoms with E-state index in [1.165, 1.54) is 0 Å². The van der Waals surface area contributed by atoms with Crippen molar-refractivity contribution in [2.45, 2.75) is 58.8 Å². The number of hydrogen-bond donors (Lipinski definition) is 3. The van der Waals surface area contributed by atoms with Gasteiger partial charge >= 0.3 is 6.09 Å². The van der Waals surface area contributed by atoms with Gasteiger partial charge in [-0.05, 0) is 41.5 Å². The van der Waals surface area contributed by atoms with Gasteiger partial charge in [0.05, 0.1) is 11.6 Å². The van der Waals surface area contributed by atoms with Crippen molar-refractivity contribution in [2.75, 3.05) is 13.1 Å². The van der Waals surface area contributed by atoms with Crippen LogP contribution in [0.2, 0.25) is 0 Å². The fourth-order valence-corrected chi connectivity index (χ4v) is 1.22. The number of rotatable bonds is 5. The molecule has 0 heterocycles. The summed E-state index contributed by atoms with van der Waals surface area (Å²) in [6.07, 6.45) is -0.825. The van der Waals surface area contributed by atoms with Crippen LogP contribution >= 0.6 is 0 Å². The second-order valence-electron chi connectivity index (χ2n) is 5.99. The number of hydrogen-bond acceptors (Lipinski definition) is 4. The molecule has 0 unspecified atom stereocenters. The number of alkyl carbamates (subject to hydrolysis) is 1.